The van der Waals surface area contributed by atoms with E-state index in [1.807, 2.05) is 6.92 Å². The number of aromatic nitrogens is 3. The van der Waals surface area contributed by atoms with Crippen molar-refractivity contribution < 1.29 is 14.0 Å². The first kappa shape index (κ1) is 19.6. The second-order valence-corrected chi connectivity index (χ2v) is 6.88. The summed E-state index contributed by atoms with van der Waals surface area (Å²) in [5, 5.41) is 6.62. The highest BCUT2D eigenvalue weighted by molar-refractivity contribution is 7.14. The molecule has 0 radical (unpaired) electrons. The number of thiazole rings is 1. The highest BCUT2D eigenvalue weighted by Gasteiger charge is 2.15. The van der Waals surface area contributed by atoms with Gasteiger partial charge in [0.05, 0.1) is 28.8 Å². The maximum Gasteiger partial charge on any atom is 0.225 e. The Kier molecular flexibility index (Phi) is 5.79. The van der Waals surface area contributed by atoms with Gasteiger partial charge in [0.15, 0.2) is 10.9 Å². The number of anilines is 1. The van der Waals surface area contributed by atoms with E-state index in [0.29, 0.717) is 34.3 Å². The maximum atomic E-state index is 13.1. The number of halogens is 1. The van der Waals surface area contributed by atoms with Crippen molar-refractivity contribution in [2.75, 3.05) is 11.4 Å². The lowest BCUT2D eigenvalue weighted by Crippen LogP contribution is -2.27. The number of ketones is 1. The fraction of sp³-hybridized carbons (Fsp3) is 0.200. The molecule has 2 aromatic heterocycles. The van der Waals surface area contributed by atoms with Crippen LogP contribution in [0.25, 0.3) is 11.8 Å². The topological polar surface area (TPSA) is 68.1 Å². The molecule has 6 nitrogen and oxygen atoms in total. The van der Waals surface area contributed by atoms with Gasteiger partial charge in [0.2, 0.25) is 5.91 Å². The van der Waals surface area contributed by atoms with Crippen molar-refractivity contribution in [2.24, 2.45) is 0 Å². The Morgan fingerprint density at radius 2 is 2.00 bits per heavy atom. The third-order valence-corrected chi connectivity index (χ3v) is 5.07. The molecule has 0 fully saturated rings. The molecule has 3 rings (SSSR count). The van der Waals surface area contributed by atoms with Crippen molar-refractivity contribution in [3.8, 4) is 5.69 Å². The third-order valence-electron chi connectivity index (χ3n) is 4.19. The largest absolute Gasteiger partial charge is 0.289 e. The van der Waals surface area contributed by atoms with E-state index >= 15 is 0 Å². The molecule has 0 aliphatic rings. The molecular weight excluding hydrogens is 379 g/mol. The van der Waals surface area contributed by atoms with Crippen LogP contribution < -0.4 is 4.90 Å². The molecular formula is C20H19FN4O2S. The number of carbonyl (C=O) groups is 2. The average Bonchev–Trinajstić information content (AvgIpc) is 3.28. The van der Waals surface area contributed by atoms with E-state index in [1.165, 1.54) is 42.7 Å². The number of amides is 1. The molecule has 1 aromatic carbocycles. The van der Waals surface area contributed by atoms with Crippen molar-refractivity contribution in [3.63, 3.8) is 0 Å². The molecule has 28 heavy (non-hydrogen) atoms. The third kappa shape index (κ3) is 4.07. The van der Waals surface area contributed by atoms with Crippen LogP contribution >= 0.6 is 11.3 Å². The first-order valence-electron chi connectivity index (χ1n) is 8.67. The van der Waals surface area contributed by atoms with Gasteiger partial charge in [-0.2, -0.15) is 5.10 Å². The molecule has 2 heterocycles. The van der Waals surface area contributed by atoms with Crippen molar-refractivity contribution in [1.82, 2.24) is 14.8 Å². The number of hydrogen-bond donors (Lipinski definition) is 0. The van der Waals surface area contributed by atoms with Crippen LogP contribution in [0.4, 0.5) is 9.52 Å². The number of hydrogen-bond acceptors (Lipinski definition) is 5. The average molecular weight is 398 g/mol. The Balaban J connectivity index is 1.78. The number of nitrogens with zero attached hydrogens (tertiary/aromatic N) is 4. The van der Waals surface area contributed by atoms with Crippen LogP contribution in [0.5, 0.6) is 0 Å². The molecule has 0 aliphatic carbocycles. The summed E-state index contributed by atoms with van der Waals surface area (Å²) >= 11 is 1.35. The molecule has 0 N–H and O–H groups in total. The van der Waals surface area contributed by atoms with Gasteiger partial charge in [0, 0.05) is 18.8 Å². The zero-order chi connectivity index (χ0) is 20.3. The van der Waals surface area contributed by atoms with Crippen LogP contribution in [0.1, 0.15) is 35.6 Å². The maximum absolute atomic E-state index is 13.1. The fourth-order valence-electron chi connectivity index (χ4n) is 2.71. The van der Waals surface area contributed by atoms with E-state index in [9.17, 15) is 14.0 Å². The van der Waals surface area contributed by atoms with Gasteiger partial charge in [0.25, 0.3) is 0 Å². The number of benzene rings is 1. The second-order valence-electron chi connectivity index (χ2n) is 6.05. The van der Waals surface area contributed by atoms with Gasteiger partial charge in [-0.1, -0.05) is 0 Å². The summed E-state index contributed by atoms with van der Waals surface area (Å²) in [6.07, 6.45) is 4.54. The SMILES string of the molecule is CCN(C(C)=O)c1nc(/C=C/C(=O)c2cnn(-c3ccc(F)cc3)c2C)cs1. The molecule has 0 atom stereocenters. The van der Waals surface area contributed by atoms with Crippen LogP contribution in [0.15, 0.2) is 41.9 Å². The highest BCUT2D eigenvalue weighted by atomic mass is 32.1. The van der Waals surface area contributed by atoms with Crippen LogP contribution in [-0.2, 0) is 4.79 Å². The van der Waals surface area contributed by atoms with Crippen LogP contribution in [0.2, 0.25) is 0 Å². The van der Waals surface area contributed by atoms with Gasteiger partial charge in [-0.05, 0) is 50.3 Å². The lowest BCUT2D eigenvalue weighted by Gasteiger charge is -2.14. The molecule has 3 aromatic rings. The summed E-state index contributed by atoms with van der Waals surface area (Å²) in [6, 6.07) is 5.89. The molecule has 0 saturated heterocycles. The first-order valence-corrected chi connectivity index (χ1v) is 9.55. The van der Waals surface area contributed by atoms with Gasteiger partial charge in [-0.15, -0.1) is 11.3 Å². The van der Waals surface area contributed by atoms with Crippen LogP contribution in [0, 0.1) is 12.7 Å². The molecule has 0 unspecified atom stereocenters. The van der Waals surface area contributed by atoms with Crippen molar-refractivity contribution in [2.45, 2.75) is 20.8 Å². The van der Waals surface area contributed by atoms with Gasteiger partial charge in [0.1, 0.15) is 5.82 Å². The highest BCUT2D eigenvalue weighted by Crippen LogP contribution is 2.22. The summed E-state index contributed by atoms with van der Waals surface area (Å²) in [5.74, 6) is -0.617. The zero-order valence-electron chi connectivity index (χ0n) is 15.7. The Morgan fingerprint density at radius 3 is 2.64 bits per heavy atom. The minimum Gasteiger partial charge on any atom is -0.289 e. The van der Waals surface area contributed by atoms with Gasteiger partial charge < -0.3 is 0 Å². The lowest BCUT2D eigenvalue weighted by atomic mass is 10.1. The van der Waals surface area contributed by atoms with E-state index in [2.05, 4.69) is 10.1 Å². The quantitative estimate of drug-likeness (QED) is 0.464. The second kappa shape index (κ2) is 8.26. The predicted octanol–water partition coefficient (Wildman–Crippen LogP) is 4.05. The van der Waals surface area contributed by atoms with Crippen molar-refractivity contribution in [1.29, 1.82) is 0 Å². The van der Waals surface area contributed by atoms with E-state index in [0.717, 1.165) is 0 Å². The molecule has 144 valence electrons. The van der Waals surface area contributed by atoms with Crippen molar-refractivity contribution >= 4 is 34.2 Å². The first-order chi connectivity index (χ1) is 13.4. The van der Waals surface area contributed by atoms with Crippen LogP contribution in [-0.4, -0.2) is 33.0 Å². The summed E-state index contributed by atoms with van der Waals surface area (Å²) in [4.78, 5) is 30.1. The Bertz CT molecular complexity index is 1040. The van der Waals surface area contributed by atoms with Gasteiger partial charge in [-0.3, -0.25) is 14.5 Å². The lowest BCUT2D eigenvalue weighted by molar-refractivity contribution is -0.116. The molecule has 8 heteroatoms. The van der Waals surface area contributed by atoms with Gasteiger partial charge >= 0.3 is 0 Å². The van der Waals surface area contributed by atoms with E-state index in [4.69, 9.17) is 0 Å². The normalized spacial score (nSPS) is 11.1. The fourth-order valence-corrected chi connectivity index (χ4v) is 3.61. The summed E-state index contributed by atoms with van der Waals surface area (Å²) < 4.78 is 14.7. The summed E-state index contributed by atoms with van der Waals surface area (Å²) in [6.45, 7) is 5.69. The smallest absolute Gasteiger partial charge is 0.225 e. The van der Waals surface area contributed by atoms with E-state index in [1.54, 1.807) is 40.1 Å². The molecule has 1 amide bonds. The Morgan fingerprint density at radius 1 is 1.29 bits per heavy atom. The number of carbonyl (C=O) groups excluding carboxylic acids is 2. The number of rotatable bonds is 6. The Hall–Kier alpha value is -3.13. The predicted molar refractivity (Wildman–Crippen MR) is 107 cm³/mol. The molecule has 0 spiro atoms. The summed E-state index contributed by atoms with van der Waals surface area (Å²) in [5.41, 5.74) is 2.40. The van der Waals surface area contributed by atoms with E-state index in [-0.39, 0.29) is 17.5 Å². The minimum atomic E-state index is -0.332. The van der Waals surface area contributed by atoms with Crippen LogP contribution in [0.3, 0.4) is 0 Å². The molecule has 0 bridgehead atoms. The zero-order valence-corrected chi connectivity index (χ0v) is 16.5. The monoisotopic (exact) mass is 398 g/mol. The standard InChI is InChI=1S/C20H19FN4O2S/c1-4-24(14(3)26)20-23-16(12-28-20)7-10-19(27)18-11-22-25(13(18)2)17-8-5-15(21)6-9-17/h5-12H,4H2,1-3H3/b10-7+. The minimum absolute atomic E-state index is 0.0766. The van der Waals surface area contributed by atoms with Gasteiger partial charge in [-0.25, -0.2) is 14.1 Å². The van der Waals surface area contributed by atoms with E-state index < -0.39 is 0 Å². The molecule has 0 aliphatic heterocycles. The Labute approximate surface area is 165 Å². The number of allylic oxidation sites excluding steroid dienone is 1. The summed E-state index contributed by atoms with van der Waals surface area (Å²) in [7, 11) is 0. The van der Waals surface area contributed by atoms with Crippen molar-refractivity contribution in [3.05, 3.63) is 64.7 Å². The molecule has 0 saturated carbocycles.